The Morgan fingerprint density at radius 2 is 1.58 bits per heavy atom. The van der Waals surface area contributed by atoms with Gasteiger partial charge in [0, 0.05) is 5.69 Å². The zero-order chi connectivity index (χ0) is 17.8. The summed E-state index contributed by atoms with van der Waals surface area (Å²) in [5.74, 6) is 1.68. The minimum atomic E-state index is -0.176. The number of carbonyl (C=O) groups excluding carboxylic acids is 1. The zero-order valence-electron chi connectivity index (χ0n) is 15.5. The molecule has 0 saturated heterocycles. The number of amides is 1. The molecule has 2 aromatic carbocycles. The summed E-state index contributed by atoms with van der Waals surface area (Å²) in [4.78, 5) is 13.4. The van der Waals surface area contributed by atoms with Gasteiger partial charge >= 0.3 is 0 Å². The van der Waals surface area contributed by atoms with E-state index in [1.165, 1.54) is 30.4 Å². The van der Waals surface area contributed by atoms with E-state index in [4.69, 9.17) is 0 Å². The lowest BCUT2D eigenvalue weighted by atomic mass is 9.42. The number of hydrogen-bond donors (Lipinski definition) is 1. The molecule has 2 nitrogen and oxygen atoms in total. The van der Waals surface area contributed by atoms with E-state index in [-0.39, 0.29) is 16.7 Å². The maximum atomic E-state index is 13.4. The third-order valence-corrected chi connectivity index (χ3v) is 7.24. The van der Waals surface area contributed by atoms with Crippen LogP contribution in [0.1, 0.15) is 49.7 Å². The molecule has 4 bridgehead atoms. The number of hydrogen-bond acceptors (Lipinski definition) is 1. The van der Waals surface area contributed by atoms with Gasteiger partial charge in [-0.05, 0) is 80.4 Å². The summed E-state index contributed by atoms with van der Waals surface area (Å²) in [6, 6.07) is 19.2. The quantitative estimate of drug-likeness (QED) is 0.785. The maximum Gasteiger partial charge on any atom is 0.230 e. The molecule has 2 aromatic rings. The number of nitrogens with one attached hydrogen (secondary N) is 1. The van der Waals surface area contributed by atoms with Crippen LogP contribution >= 0.6 is 0 Å². The second-order valence-electron chi connectivity index (χ2n) is 9.21. The Hall–Kier alpha value is -2.09. The highest BCUT2D eigenvalue weighted by atomic mass is 16.2. The first-order valence-corrected chi connectivity index (χ1v) is 10.0. The molecule has 4 aliphatic carbocycles. The fourth-order valence-corrected chi connectivity index (χ4v) is 6.56. The predicted octanol–water partition coefficient (Wildman–Crippen LogP) is 5.47. The summed E-state index contributed by atoms with van der Waals surface area (Å²) >= 11 is 0. The monoisotopic (exact) mass is 345 g/mol. The van der Waals surface area contributed by atoms with Crippen molar-refractivity contribution in [1.82, 2.24) is 0 Å². The molecule has 26 heavy (non-hydrogen) atoms. The van der Waals surface area contributed by atoms with Gasteiger partial charge < -0.3 is 5.32 Å². The number of carbonyl (C=O) groups is 1. The Morgan fingerprint density at radius 1 is 0.923 bits per heavy atom. The second-order valence-corrected chi connectivity index (χ2v) is 9.21. The van der Waals surface area contributed by atoms with E-state index >= 15 is 0 Å². The molecule has 2 heteroatoms. The largest absolute Gasteiger partial charge is 0.326 e. The molecule has 4 saturated carbocycles. The topological polar surface area (TPSA) is 29.1 Å². The van der Waals surface area contributed by atoms with Crippen LogP contribution in [0.2, 0.25) is 0 Å². The highest BCUT2D eigenvalue weighted by Gasteiger charge is 2.60. The van der Waals surface area contributed by atoms with Gasteiger partial charge in [0.05, 0.1) is 5.41 Å². The maximum absolute atomic E-state index is 13.4. The highest BCUT2D eigenvalue weighted by Crippen LogP contribution is 2.65. The highest BCUT2D eigenvalue weighted by molar-refractivity contribution is 5.95. The Morgan fingerprint density at radius 3 is 2.23 bits per heavy atom. The van der Waals surface area contributed by atoms with Crippen molar-refractivity contribution in [2.75, 3.05) is 5.32 Å². The van der Waals surface area contributed by atoms with Gasteiger partial charge in [0.1, 0.15) is 0 Å². The third-order valence-electron chi connectivity index (χ3n) is 7.24. The average Bonchev–Trinajstić information content (AvgIpc) is 2.63. The fourth-order valence-electron chi connectivity index (χ4n) is 6.56. The molecular weight excluding hydrogens is 318 g/mol. The molecule has 4 aliphatic rings. The standard InChI is InChI=1S/C24H27NO/c1-17-7-9-21(10-8-17)25-22(26)24-14-18-11-19(15-24)13-23(12-18,16-24)20-5-3-2-4-6-20/h2-10,18-19H,11-16H2,1H3,(H,25,26)/t18-,19+,23?,24?. The lowest BCUT2D eigenvalue weighted by molar-refractivity contribution is -0.143. The Bertz CT molecular complexity index is 809. The fraction of sp³-hybridized carbons (Fsp3) is 0.458. The molecule has 4 atom stereocenters. The predicted molar refractivity (Wildman–Crippen MR) is 105 cm³/mol. The van der Waals surface area contributed by atoms with Crippen molar-refractivity contribution in [3.8, 4) is 0 Å². The van der Waals surface area contributed by atoms with Crippen molar-refractivity contribution in [3.63, 3.8) is 0 Å². The Labute approximate surface area is 156 Å². The molecule has 0 aliphatic heterocycles. The van der Waals surface area contributed by atoms with E-state index in [9.17, 15) is 4.79 Å². The van der Waals surface area contributed by atoms with Crippen LogP contribution in [0.4, 0.5) is 5.69 Å². The van der Waals surface area contributed by atoms with Crippen LogP contribution in [0.15, 0.2) is 54.6 Å². The van der Waals surface area contributed by atoms with Crippen LogP contribution in [0.3, 0.4) is 0 Å². The minimum Gasteiger partial charge on any atom is -0.326 e. The van der Waals surface area contributed by atoms with Crippen molar-refractivity contribution in [1.29, 1.82) is 0 Å². The van der Waals surface area contributed by atoms with Gasteiger partial charge in [-0.2, -0.15) is 0 Å². The molecule has 134 valence electrons. The van der Waals surface area contributed by atoms with E-state index in [0.717, 1.165) is 24.9 Å². The second kappa shape index (κ2) is 5.70. The normalized spacial score (nSPS) is 34.7. The zero-order valence-corrected chi connectivity index (χ0v) is 15.5. The summed E-state index contributed by atoms with van der Waals surface area (Å²) in [5.41, 5.74) is 3.66. The van der Waals surface area contributed by atoms with Gasteiger partial charge in [-0.3, -0.25) is 4.79 Å². The van der Waals surface area contributed by atoms with Gasteiger partial charge in [0.25, 0.3) is 0 Å². The number of benzene rings is 2. The van der Waals surface area contributed by atoms with E-state index in [1.807, 2.05) is 12.1 Å². The van der Waals surface area contributed by atoms with E-state index < -0.39 is 0 Å². The molecule has 1 amide bonds. The van der Waals surface area contributed by atoms with Gasteiger partial charge in [0.15, 0.2) is 0 Å². The van der Waals surface area contributed by atoms with Crippen LogP contribution in [0.25, 0.3) is 0 Å². The van der Waals surface area contributed by atoms with Crippen molar-refractivity contribution in [2.24, 2.45) is 17.3 Å². The SMILES string of the molecule is Cc1ccc(NC(=O)C23C[C@H]4C[C@@H](C2)CC(c2ccccc2)(C4)C3)cc1. The molecule has 4 fully saturated rings. The van der Waals surface area contributed by atoms with Crippen molar-refractivity contribution >= 4 is 11.6 Å². The molecule has 0 spiro atoms. The summed E-state index contributed by atoms with van der Waals surface area (Å²) in [7, 11) is 0. The number of aryl methyl sites for hydroxylation is 1. The molecule has 0 heterocycles. The van der Waals surface area contributed by atoms with E-state index in [2.05, 4.69) is 54.7 Å². The lowest BCUT2D eigenvalue weighted by Crippen LogP contribution is -2.57. The van der Waals surface area contributed by atoms with Gasteiger partial charge in [-0.25, -0.2) is 0 Å². The minimum absolute atomic E-state index is 0.176. The number of rotatable bonds is 3. The van der Waals surface area contributed by atoms with Crippen molar-refractivity contribution in [2.45, 2.75) is 50.9 Å². The average molecular weight is 345 g/mol. The smallest absolute Gasteiger partial charge is 0.230 e. The first kappa shape index (κ1) is 16.1. The van der Waals surface area contributed by atoms with E-state index in [1.54, 1.807) is 0 Å². The van der Waals surface area contributed by atoms with Gasteiger partial charge in [-0.1, -0.05) is 48.0 Å². The first-order valence-electron chi connectivity index (χ1n) is 10.0. The Kier molecular flexibility index (Phi) is 3.53. The van der Waals surface area contributed by atoms with Gasteiger partial charge in [-0.15, -0.1) is 0 Å². The van der Waals surface area contributed by atoms with Crippen LogP contribution in [-0.4, -0.2) is 5.91 Å². The third kappa shape index (κ3) is 2.50. The Balaban J connectivity index is 1.47. The van der Waals surface area contributed by atoms with Crippen LogP contribution in [0.5, 0.6) is 0 Å². The van der Waals surface area contributed by atoms with Gasteiger partial charge in [0.2, 0.25) is 5.91 Å². The summed E-state index contributed by atoms with van der Waals surface area (Å²) < 4.78 is 0. The van der Waals surface area contributed by atoms with Crippen LogP contribution in [0, 0.1) is 24.2 Å². The summed E-state index contributed by atoms with van der Waals surface area (Å²) in [6.07, 6.45) is 7.05. The molecular formula is C24H27NO. The van der Waals surface area contributed by atoms with Crippen LogP contribution in [-0.2, 0) is 10.2 Å². The lowest BCUT2D eigenvalue weighted by Gasteiger charge is -2.61. The van der Waals surface area contributed by atoms with Crippen molar-refractivity contribution in [3.05, 3.63) is 65.7 Å². The molecule has 1 N–H and O–H groups in total. The van der Waals surface area contributed by atoms with Crippen molar-refractivity contribution < 1.29 is 4.79 Å². The first-order chi connectivity index (χ1) is 12.6. The molecule has 0 radical (unpaired) electrons. The van der Waals surface area contributed by atoms with E-state index in [0.29, 0.717) is 11.8 Å². The molecule has 2 unspecified atom stereocenters. The van der Waals surface area contributed by atoms with Crippen LogP contribution < -0.4 is 5.32 Å². The number of anilines is 1. The summed E-state index contributed by atoms with van der Waals surface area (Å²) in [5, 5.41) is 3.26. The summed E-state index contributed by atoms with van der Waals surface area (Å²) in [6.45, 7) is 2.08. The molecule has 6 rings (SSSR count). The molecule has 0 aromatic heterocycles.